The average molecular weight is 826 g/mol. The number of benzene rings is 4. The maximum absolute atomic E-state index is 13.2. The number of aromatic nitrogens is 4. The zero-order valence-electron chi connectivity index (χ0n) is 32.8. The number of hydrogen-bond acceptors (Lipinski definition) is 10. The highest BCUT2D eigenvalue weighted by molar-refractivity contribution is 6.31. The number of aryl methyl sites for hydroxylation is 2. The standard InChI is InChI=1S/C44H46Cl2N6O6/c1-49(2)35-15-21-37(22-16-35)55-39(19-9-31-5-11-33(45)12-6-31)29-51-27-25-47-43(51)57-41(53)42(54)58-44-48-26-28-52(44)30-40(20-10-32-7-13-34(46)14-8-32)56-38-23-17-36(18-24-38)50(3)4/h5-8,11-18,21-28,39-40H,9-10,19-20,29-30H2,1-4H3. The van der Waals surface area contributed by atoms with Crippen LogP contribution in [0.3, 0.4) is 0 Å². The zero-order chi connectivity index (χ0) is 41.0. The van der Waals surface area contributed by atoms with Gasteiger partial charge in [0, 0.05) is 74.4 Å². The van der Waals surface area contributed by atoms with Crippen molar-refractivity contribution < 1.29 is 28.5 Å². The van der Waals surface area contributed by atoms with Crippen LogP contribution in [0.1, 0.15) is 24.0 Å². The van der Waals surface area contributed by atoms with Crippen LogP contribution in [0.2, 0.25) is 10.0 Å². The van der Waals surface area contributed by atoms with Gasteiger partial charge in [-0.05, 0) is 110 Å². The number of imidazole rings is 2. The second-order valence-corrected chi connectivity index (χ2v) is 15.0. The van der Waals surface area contributed by atoms with Gasteiger partial charge in [-0.2, -0.15) is 0 Å². The SMILES string of the molecule is CN(C)c1ccc(OC(CCc2ccc(Cl)cc2)Cn2ccnc2OC(=O)C(=O)Oc2nccn2CC(CCc2ccc(Cl)cc2)Oc2ccc(N(C)C)cc2)cc1. The molecule has 4 aromatic carbocycles. The first-order valence-corrected chi connectivity index (χ1v) is 19.6. The summed E-state index contributed by atoms with van der Waals surface area (Å²) in [5.41, 5.74) is 4.27. The van der Waals surface area contributed by atoms with Gasteiger partial charge in [-0.1, -0.05) is 47.5 Å². The quantitative estimate of drug-likeness (QED) is 0.0621. The van der Waals surface area contributed by atoms with E-state index in [0.717, 1.165) is 22.5 Å². The summed E-state index contributed by atoms with van der Waals surface area (Å²) in [5, 5.41) is 1.32. The zero-order valence-corrected chi connectivity index (χ0v) is 34.3. The lowest BCUT2D eigenvalue weighted by Crippen LogP contribution is -2.30. The summed E-state index contributed by atoms with van der Waals surface area (Å²) in [6, 6.07) is 30.7. The molecule has 6 rings (SSSR count). The van der Waals surface area contributed by atoms with E-state index in [4.69, 9.17) is 42.1 Å². The van der Waals surface area contributed by atoms with Crippen LogP contribution in [0.5, 0.6) is 23.5 Å². The summed E-state index contributed by atoms with van der Waals surface area (Å²) < 4.78 is 27.1. The van der Waals surface area contributed by atoms with Crippen molar-refractivity contribution in [1.82, 2.24) is 19.1 Å². The van der Waals surface area contributed by atoms with Crippen molar-refractivity contribution >= 4 is 46.5 Å². The maximum atomic E-state index is 13.2. The molecule has 14 heteroatoms. The minimum absolute atomic E-state index is 0.0794. The van der Waals surface area contributed by atoms with Crippen LogP contribution in [0.25, 0.3) is 0 Å². The summed E-state index contributed by atoms with van der Waals surface area (Å²) in [6.45, 7) is 0.556. The molecule has 6 aromatic rings. The van der Waals surface area contributed by atoms with Crippen molar-refractivity contribution in [3.05, 3.63) is 143 Å². The Labute approximate surface area is 348 Å². The number of esters is 2. The molecule has 0 amide bonds. The van der Waals surface area contributed by atoms with E-state index in [1.165, 1.54) is 12.4 Å². The van der Waals surface area contributed by atoms with Crippen molar-refractivity contribution in [2.75, 3.05) is 38.0 Å². The fourth-order valence-corrected chi connectivity index (χ4v) is 6.38. The highest BCUT2D eigenvalue weighted by Crippen LogP contribution is 2.24. The Hall–Kier alpha value is -5.98. The molecule has 0 saturated carbocycles. The Morgan fingerprint density at radius 1 is 0.569 bits per heavy atom. The van der Waals surface area contributed by atoms with E-state index in [1.807, 2.05) is 135 Å². The molecule has 0 saturated heterocycles. The smallest absolute Gasteiger partial charge is 0.425 e. The van der Waals surface area contributed by atoms with Crippen LogP contribution < -0.4 is 28.7 Å². The van der Waals surface area contributed by atoms with E-state index in [1.54, 1.807) is 21.5 Å². The molecule has 0 aliphatic heterocycles. The minimum atomic E-state index is -1.25. The van der Waals surface area contributed by atoms with Crippen molar-refractivity contribution in [2.24, 2.45) is 0 Å². The summed E-state index contributed by atoms with van der Waals surface area (Å²) in [4.78, 5) is 38.7. The topological polar surface area (TPSA) is 113 Å². The average Bonchev–Trinajstić information content (AvgIpc) is 3.85. The van der Waals surface area contributed by atoms with E-state index >= 15 is 0 Å². The third-order valence-electron chi connectivity index (χ3n) is 9.34. The molecule has 2 aromatic heterocycles. The predicted molar refractivity (Wildman–Crippen MR) is 226 cm³/mol. The molecular formula is C44H46Cl2N6O6. The lowest BCUT2D eigenvalue weighted by atomic mass is 10.1. The van der Waals surface area contributed by atoms with Gasteiger partial charge in [-0.15, -0.1) is 0 Å². The van der Waals surface area contributed by atoms with Crippen LogP contribution in [0, 0.1) is 0 Å². The second-order valence-electron chi connectivity index (χ2n) is 14.1. The van der Waals surface area contributed by atoms with E-state index in [9.17, 15) is 9.59 Å². The van der Waals surface area contributed by atoms with Crippen LogP contribution in [-0.4, -0.2) is 71.4 Å². The first-order chi connectivity index (χ1) is 28.0. The number of carbonyl (C=O) groups is 2. The second kappa shape index (κ2) is 19.9. The Balaban J connectivity index is 1.11. The van der Waals surface area contributed by atoms with E-state index in [2.05, 4.69) is 9.97 Å². The third-order valence-corrected chi connectivity index (χ3v) is 9.84. The molecule has 0 N–H and O–H groups in total. The predicted octanol–water partition coefficient (Wildman–Crippen LogP) is 8.19. The molecule has 0 spiro atoms. The first kappa shape index (κ1) is 41.6. The third kappa shape index (κ3) is 12.0. The Morgan fingerprint density at radius 2 is 0.931 bits per heavy atom. The number of carbonyl (C=O) groups excluding carboxylic acids is 2. The van der Waals surface area contributed by atoms with Crippen molar-refractivity contribution in [3.63, 3.8) is 0 Å². The van der Waals surface area contributed by atoms with Gasteiger partial charge in [0.1, 0.15) is 23.7 Å². The van der Waals surface area contributed by atoms with Crippen LogP contribution in [0.15, 0.2) is 122 Å². The fourth-order valence-electron chi connectivity index (χ4n) is 6.13. The summed E-state index contributed by atoms with van der Waals surface area (Å²) in [6.07, 6.45) is 8.24. The monoisotopic (exact) mass is 824 g/mol. The first-order valence-electron chi connectivity index (χ1n) is 18.8. The van der Waals surface area contributed by atoms with Gasteiger partial charge in [0.2, 0.25) is 0 Å². The fraction of sp³-hybridized carbons (Fsp3) is 0.273. The van der Waals surface area contributed by atoms with Gasteiger partial charge < -0.3 is 28.7 Å². The van der Waals surface area contributed by atoms with Crippen molar-refractivity contribution in [3.8, 4) is 23.5 Å². The molecule has 58 heavy (non-hydrogen) atoms. The van der Waals surface area contributed by atoms with Crippen LogP contribution >= 0.6 is 23.2 Å². The number of ether oxygens (including phenoxy) is 4. The Kier molecular flexibility index (Phi) is 14.3. The van der Waals surface area contributed by atoms with Gasteiger partial charge in [0.15, 0.2) is 0 Å². The molecule has 0 bridgehead atoms. The summed E-state index contributed by atoms with van der Waals surface area (Å²) >= 11 is 12.2. The molecule has 0 radical (unpaired) electrons. The number of halogens is 2. The Morgan fingerprint density at radius 3 is 1.28 bits per heavy atom. The molecule has 302 valence electrons. The van der Waals surface area contributed by atoms with Crippen LogP contribution in [-0.2, 0) is 35.5 Å². The van der Waals surface area contributed by atoms with Gasteiger partial charge >= 0.3 is 24.0 Å². The highest BCUT2D eigenvalue weighted by atomic mass is 35.5. The summed E-state index contributed by atoms with van der Waals surface area (Å²) in [7, 11) is 7.89. The van der Waals surface area contributed by atoms with Crippen molar-refractivity contribution in [2.45, 2.75) is 51.0 Å². The normalized spacial score (nSPS) is 12.0. The van der Waals surface area contributed by atoms with E-state index in [0.29, 0.717) is 47.2 Å². The number of nitrogens with zero attached hydrogens (tertiary/aromatic N) is 6. The molecule has 0 fully saturated rings. The molecule has 2 atom stereocenters. The molecular weight excluding hydrogens is 779 g/mol. The Bertz CT molecular complexity index is 2060. The number of hydrogen-bond donors (Lipinski definition) is 0. The van der Waals surface area contributed by atoms with Gasteiger partial charge in [-0.3, -0.25) is 9.13 Å². The number of rotatable bonds is 18. The molecule has 2 unspecified atom stereocenters. The molecule has 12 nitrogen and oxygen atoms in total. The van der Waals surface area contributed by atoms with E-state index in [-0.39, 0.29) is 37.3 Å². The number of anilines is 2. The van der Waals surface area contributed by atoms with Gasteiger partial charge in [0.25, 0.3) is 0 Å². The lowest BCUT2D eigenvalue weighted by molar-refractivity contribution is -0.157. The van der Waals surface area contributed by atoms with Gasteiger partial charge in [0.05, 0.1) is 13.1 Å². The summed E-state index contributed by atoms with van der Waals surface area (Å²) in [5.74, 6) is -1.14. The molecule has 0 aliphatic carbocycles. The molecule has 2 heterocycles. The van der Waals surface area contributed by atoms with Gasteiger partial charge in [-0.25, -0.2) is 19.6 Å². The van der Waals surface area contributed by atoms with E-state index < -0.39 is 11.9 Å². The minimum Gasteiger partial charge on any atom is -0.489 e. The van der Waals surface area contributed by atoms with Crippen LogP contribution in [0.4, 0.5) is 11.4 Å². The molecule has 0 aliphatic rings. The maximum Gasteiger partial charge on any atom is 0.425 e. The van der Waals surface area contributed by atoms with Crippen molar-refractivity contribution in [1.29, 1.82) is 0 Å². The lowest BCUT2D eigenvalue weighted by Gasteiger charge is -2.21. The highest BCUT2D eigenvalue weighted by Gasteiger charge is 2.26. The largest absolute Gasteiger partial charge is 0.489 e.